The number of ether oxygens (including phenoxy) is 1. The number of methoxy groups -OCH3 is 1. The second-order valence-electron chi connectivity index (χ2n) is 6.65. The second kappa shape index (κ2) is 10.1. The van der Waals surface area contributed by atoms with Gasteiger partial charge >= 0.3 is 0 Å². The van der Waals surface area contributed by atoms with Crippen molar-refractivity contribution in [3.05, 3.63) is 86.5 Å². The summed E-state index contributed by atoms with van der Waals surface area (Å²) in [5, 5.41) is 16.6. The smallest absolute Gasteiger partial charge is 0.271 e. The summed E-state index contributed by atoms with van der Waals surface area (Å²) in [5.41, 5.74) is 5.54. The molecule has 3 aromatic rings. The third kappa shape index (κ3) is 5.82. The van der Waals surface area contributed by atoms with Crippen LogP contribution < -0.4 is 15.5 Å². The third-order valence-corrected chi connectivity index (χ3v) is 5.17. The van der Waals surface area contributed by atoms with Crippen LogP contribution in [0.25, 0.3) is 0 Å². The lowest BCUT2D eigenvalue weighted by Crippen LogP contribution is -2.18. The van der Waals surface area contributed by atoms with Gasteiger partial charge in [0.1, 0.15) is 0 Å². The van der Waals surface area contributed by atoms with E-state index in [2.05, 4.69) is 15.8 Å². The van der Waals surface area contributed by atoms with Crippen molar-refractivity contribution in [3.63, 3.8) is 0 Å². The monoisotopic (exact) mass is 529 g/mol. The minimum Gasteiger partial charge on any atom is -0.504 e. The molecule has 158 valence electrons. The van der Waals surface area contributed by atoms with Crippen LogP contribution in [-0.4, -0.2) is 30.2 Å². The van der Waals surface area contributed by atoms with E-state index in [0.29, 0.717) is 31.7 Å². The Bertz CT molecular complexity index is 1140. The highest BCUT2D eigenvalue weighted by Gasteiger charge is 2.10. The van der Waals surface area contributed by atoms with E-state index in [1.165, 1.54) is 13.3 Å². The van der Waals surface area contributed by atoms with Gasteiger partial charge in [-0.25, -0.2) is 5.43 Å². The molecule has 0 aliphatic carbocycles. The van der Waals surface area contributed by atoms with Gasteiger partial charge in [0.05, 0.1) is 16.9 Å². The topological polar surface area (TPSA) is 100 Å². The number of phenols is 1. The summed E-state index contributed by atoms with van der Waals surface area (Å²) < 4.78 is 5.71. The molecular weight excluding hydrogens is 509 g/mol. The van der Waals surface area contributed by atoms with Crippen molar-refractivity contribution in [3.8, 4) is 11.5 Å². The van der Waals surface area contributed by atoms with Crippen LogP contribution in [0.1, 0.15) is 31.8 Å². The van der Waals surface area contributed by atoms with Gasteiger partial charge in [-0.2, -0.15) is 5.10 Å². The highest BCUT2D eigenvalue weighted by Crippen LogP contribution is 2.31. The van der Waals surface area contributed by atoms with Gasteiger partial charge in [0.15, 0.2) is 11.5 Å². The number of rotatable bonds is 6. The van der Waals surface area contributed by atoms with Crippen molar-refractivity contribution in [1.82, 2.24) is 5.43 Å². The van der Waals surface area contributed by atoms with Crippen LogP contribution in [0.4, 0.5) is 5.69 Å². The highest BCUT2D eigenvalue weighted by atomic mass is 127. The maximum absolute atomic E-state index is 12.4. The number of benzene rings is 3. The van der Waals surface area contributed by atoms with Crippen molar-refractivity contribution in [2.45, 2.75) is 6.92 Å². The summed E-state index contributed by atoms with van der Waals surface area (Å²) in [6, 6.07) is 17.1. The summed E-state index contributed by atoms with van der Waals surface area (Å²) in [4.78, 5) is 24.8. The van der Waals surface area contributed by atoms with Gasteiger partial charge in [0.2, 0.25) is 0 Å². The number of hydrogen-bond donors (Lipinski definition) is 3. The molecule has 3 aromatic carbocycles. The largest absolute Gasteiger partial charge is 0.504 e. The zero-order valence-corrected chi connectivity index (χ0v) is 19.0. The van der Waals surface area contributed by atoms with Crippen molar-refractivity contribution < 1.29 is 19.4 Å². The molecule has 0 aromatic heterocycles. The molecule has 3 rings (SSSR count). The van der Waals surface area contributed by atoms with Crippen LogP contribution in [-0.2, 0) is 0 Å². The molecule has 0 unspecified atom stereocenters. The standard InChI is InChI=1S/C23H20IN3O4/c1-14-6-8-16(9-7-14)22(29)26-18-5-3-4-17(12-18)23(30)27-25-13-15-10-19(24)21(28)20(11-15)31-2/h3-13,28H,1-2H3,(H,26,29)(H,27,30)/b25-13+. The number of phenolic OH excluding ortho intramolecular Hbond substituents is 1. The third-order valence-electron chi connectivity index (χ3n) is 4.35. The van der Waals surface area contributed by atoms with E-state index >= 15 is 0 Å². The fraction of sp³-hybridized carbons (Fsp3) is 0.0870. The normalized spacial score (nSPS) is 10.7. The first kappa shape index (κ1) is 22.3. The number of aromatic hydroxyl groups is 1. The van der Waals surface area contributed by atoms with E-state index < -0.39 is 5.91 Å². The Morgan fingerprint density at radius 1 is 1.03 bits per heavy atom. The lowest BCUT2D eigenvalue weighted by Gasteiger charge is -2.08. The Balaban J connectivity index is 1.66. The van der Waals surface area contributed by atoms with Crippen LogP contribution >= 0.6 is 22.6 Å². The average molecular weight is 529 g/mol. The zero-order chi connectivity index (χ0) is 22.4. The SMILES string of the molecule is COc1cc(/C=N/NC(=O)c2cccc(NC(=O)c3ccc(C)cc3)c2)cc(I)c1O. The van der Waals surface area contributed by atoms with E-state index in [1.807, 2.05) is 41.6 Å². The summed E-state index contributed by atoms with van der Waals surface area (Å²) in [5.74, 6) is -0.319. The maximum Gasteiger partial charge on any atom is 0.271 e. The Morgan fingerprint density at radius 2 is 1.77 bits per heavy atom. The fourth-order valence-electron chi connectivity index (χ4n) is 2.70. The van der Waals surface area contributed by atoms with Crippen molar-refractivity contribution in [2.75, 3.05) is 12.4 Å². The van der Waals surface area contributed by atoms with Crippen LogP contribution in [0.15, 0.2) is 65.8 Å². The molecule has 0 bridgehead atoms. The first-order valence-corrected chi connectivity index (χ1v) is 10.3. The van der Waals surface area contributed by atoms with E-state index in [4.69, 9.17) is 4.74 Å². The number of aryl methyl sites for hydroxylation is 1. The van der Waals surface area contributed by atoms with Crippen LogP contribution in [0.5, 0.6) is 11.5 Å². The van der Waals surface area contributed by atoms with Gasteiger partial charge in [-0.1, -0.05) is 23.8 Å². The minimum absolute atomic E-state index is 0.0498. The van der Waals surface area contributed by atoms with Crippen molar-refractivity contribution in [2.24, 2.45) is 5.10 Å². The number of nitrogens with one attached hydrogen (secondary N) is 2. The number of carbonyl (C=O) groups is 2. The summed E-state index contributed by atoms with van der Waals surface area (Å²) in [6.07, 6.45) is 1.45. The number of halogens is 1. The molecular formula is C23H20IN3O4. The van der Waals surface area contributed by atoms with Gasteiger partial charge in [-0.05, 0) is 77.5 Å². The number of carbonyl (C=O) groups excluding carboxylic acids is 2. The second-order valence-corrected chi connectivity index (χ2v) is 7.82. The number of nitrogens with zero attached hydrogens (tertiary/aromatic N) is 1. The van der Waals surface area contributed by atoms with Crippen molar-refractivity contribution in [1.29, 1.82) is 0 Å². The maximum atomic E-state index is 12.4. The molecule has 0 atom stereocenters. The van der Waals surface area contributed by atoms with Crippen LogP contribution in [0, 0.1) is 10.5 Å². The van der Waals surface area contributed by atoms with Crippen LogP contribution in [0.3, 0.4) is 0 Å². The highest BCUT2D eigenvalue weighted by molar-refractivity contribution is 14.1. The Hall–Kier alpha value is -3.40. The lowest BCUT2D eigenvalue weighted by molar-refractivity contribution is 0.0953. The lowest BCUT2D eigenvalue weighted by atomic mass is 10.1. The van der Waals surface area contributed by atoms with Gasteiger partial charge in [-0.15, -0.1) is 0 Å². The Morgan fingerprint density at radius 3 is 2.48 bits per heavy atom. The molecule has 7 nitrogen and oxygen atoms in total. The predicted molar refractivity (Wildman–Crippen MR) is 128 cm³/mol. The molecule has 2 amide bonds. The first-order valence-electron chi connectivity index (χ1n) is 9.25. The van der Waals surface area contributed by atoms with E-state index in [0.717, 1.165) is 5.56 Å². The molecule has 0 aliphatic rings. The van der Waals surface area contributed by atoms with E-state index in [1.54, 1.807) is 48.5 Å². The summed E-state index contributed by atoms with van der Waals surface area (Å²) in [6.45, 7) is 1.95. The molecule has 31 heavy (non-hydrogen) atoms. The molecule has 0 radical (unpaired) electrons. The molecule has 8 heteroatoms. The van der Waals surface area contributed by atoms with Gasteiger partial charge in [-0.3, -0.25) is 9.59 Å². The summed E-state index contributed by atoms with van der Waals surface area (Å²) in [7, 11) is 1.46. The van der Waals surface area contributed by atoms with E-state index in [9.17, 15) is 14.7 Å². The molecule has 3 N–H and O–H groups in total. The van der Waals surface area contributed by atoms with Gasteiger partial charge in [0.25, 0.3) is 11.8 Å². The van der Waals surface area contributed by atoms with E-state index in [-0.39, 0.29) is 11.7 Å². The first-order chi connectivity index (χ1) is 14.9. The predicted octanol–water partition coefficient (Wildman–Crippen LogP) is 4.33. The molecule has 0 heterocycles. The number of anilines is 1. The minimum atomic E-state index is -0.428. The van der Waals surface area contributed by atoms with Gasteiger partial charge < -0.3 is 15.2 Å². The molecule has 0 saturated heterocycles. The molecule has 0 fully saturated rings. The molecule has 0 spiro atoms. The van der Waals surface area contributed by atoms with Crippen LogP contribution in [0.2, 0.25) is 0 Å². The van der Waals surface area contributed by atoms with Gasteiger partial charge in [0, 0.05) is 16.8 Å². The number of hydrazone groups is 1. The average Bonchev–Trinajstić information content (AvgIpc) is 2.76. The molecule has 0 aliphatic heterocycles. The Labute approximate surface area is 193 Å². The zero-order valence-electron chi connectivity index (χ0n) is 16.8. The Kier molecular flexibility index (Phi) is 7.24. The molecule has 0 saturated carbocycles. The summed E-state index contributed by atoms with van der Waals surface area (Å²) >= 11 is 1.98. The number of amides is 2. The van der Waals surface area contributed by atoms with Crippen molar-refractivity contribution >= 4 is 46.3 Å². The number of hydrogen-bond acceptors (Lipinski definition) is 5. The fourth-order valence-corrected chi connectivity index (χ4v) is 3.33. The quantitative estimate of drug-likeness (QED) is 0.252.